The van der Waals surface area contributed by atoms with Crippen molar-refractivity contribution in [1.82, 2.24) is 0 Å². The zero-order chi connectivity index (χ0) is 3.58. The summed E-state index contributed by atoms with van der Waals surface area (Å²) < 4.78 is 0. The van der Waals surface area contributed by atoms with Gasteiger partial charge in [-0.25, -0.2) is 4.79 Å². The fourth-order valence-corrected chi connectivity index (χ4v) is 0. The number of carbonyl (C=O) groups is 1. The monoisotopic (exact) mass is 116 g/mol. The van der Waals surface area contributed by atoms with Crippen LogP contribution >= 0.6 is 12.4 Å². The van der Waals surface area contributed by atoms with E-state index in [4.69, 9.17) is 15.0 Å². The fraction of sp³-hybridized carbons (Fsp3) is 0. The first-order chi connectivity index (χ1) is 1.73. The molecule has 4 nitrogen and oxygen atoms in total. The molecular weight excluding hydrogens is 111 g/mol. The number of halogens is 1. The molecule has 0 atom stereocenters. The van der Waals surface area contributed by atoms with E-state index in [1.807, 2.05) is 0 Å². The number of hydrogen-bond donors (Lipinski definition) is 2. The van der Waals surface area contributed by atoms with Crippen molar-refractivity contribution < 1.29 is 20.5 Å². The normalized spacial score (nSPS) is 4.00. The minimum atomic E-state index is -1.83. The molecule has 0 amide bonds. The summed E-state index contributed by atoms with van der Waals surface area (Å²) in [6, 6.07) is 0. The summed E-state index contributed by atoms with van der Waals surface area (Å²) in [5, 5.41) is 13.9. The minimum Gasteiger partial charge on any atom is -0.450 e. The Kier molecular flexibility index (Phi) is 26.1. The Morgan fingerprint density at radius 1 is 1.33 bits per heavy atom. The van der Waals surface area contributed by atoms with Crippen molar-refractivity contribution in [3.8, 4) is 0 Å². The molecule has 0 saturated carbocycles. The van der Waals surface area contributed by atoms with Crippen LogP contribution in [0.25, 0.3) is 0 Å². The van der Waals surface area contributed by atoms with Gasteiger partial charge in [0.25, 0.3) is 0 Å². The summed E-state index contributed by atoms with van der Waals surface area (Å²) in [6.45, 7) is 0. The Hall–Kier alpha value is -0.480. The van der Waals surface area contributed by atoms with E-state index < -0.39 is 6.16 Å². The summed E-state index contributed by atoms with van der Waals surface area (Å²) in [5.41, 5.74) is 0. The van der Waals surface area contributed by atoms with Gasteiger partial charge in [-0.2, -0.15) is 0 Å². The first-order valence-corrected chi connectivity index (χ1v) is 0.651. The van der Waals surface area contributed by atoms with Crippen molar-refractivity contribution >= 4 is 18.6 Å². The molecule has 0 fully saturated rings. The van der Waals surface area contributed by atoms with Crippen LogP contribution in [0.2, 0.25) is 0 Å². The summed E-state index contributed by atoms with van der Waals surface area (Å²) in [7, 11) is 0. The molecule has 0 aliphatic rings. The van der Waals surface area contributed by atoms with Crippen LogP contribution in [0.3, 0.4) is 0 Å². The van der Waals surface area contributed by atoms with Gasteiger partial charge < -0.3 is 15.7 Å². The van der Waals surface area contributed by atoms with Crippen LogP contribution in [-0.4, -0.2) is 21.8 Å². The highest BCUT2D eigenvalue weighted by Crippen LogP contribution is 1.42. The first kappa shape index (κ1) is 17.8. The van der Waals surface area contributed by atoms with E-state index >= 15 is 0 Å². The number of rotatable bonds is 0. The van der Waals surface area contributed by atoms with E-state index in [2.05, 4.69) is 0 Å². The van der Waals surface area contributed by atoms with E-state index in [0.29, 0.717) is 0 Å². The van der Waals surface area contributed by atoms with Gasteiger partial charge in [-0.1, -0.05) is 0 Å². The van der Waals surface area contributed by atoms with Crippen molar-refractivity contribution in [2.45, 2.75) is 0 Å². The maximum atomic E-state index is 8.56. The van der Waals surface area contributed by atoms with Crippen molar-refractivity contribution in [2.24, 2.45) is 0 Å². The molecule has 0 aromatic carbocycles. The van der Waals surface area contributed by atoms with Crippen LogP contribution in [0.15, 0.2) is 0 Å². The molecule has 0 heterocycles. The van der Waals surface area contributed by atoms with E-state index in [1.165, 1.54) is 0 Å². The molecule has 0 rings (SSSR count). The molecule has 5 heteroatoms. The fourth-order valence-electron chi connectivity index (χ4n) is 0. The molecule has 0 radical (unpaired) electrons. The van der Waals surface area contributed by atoms with E-state index in [1.54, 1.807) is 0 Å². The van der Waals surface area contributed by atoms with Crippen molar-refractivity contribution in [3.63, 3.8) is 0 Å². The highest BCUT2D eigenvalue weighted by atomic mass is 35.5. The van der Waals surface area contributed by atoms with Gasteiger partial charge in [-0.05, 0) is 0 Å². The third-order valence-electron chi connectivity index (χ3n) is 0. The molecule has 0 saturated heterocycles. The Bertz CT molecular complexity index is 30.5. The van der Waals surface area contributed by atoms with Crippen molar-refractivity contribution in [1.29, 1.82) is 0 Å². The Morgan fingerprint density at radius 3 is 1.33 bits per heavy atom. The highest BCUT2D eigenvalue weighted by Gasteiger charge is 1.70. The molecule has 0 aromatic rings. The van der Waals surface area contributed by atoms with Gasteiger partial charge in [0.05, 0.1) is 0 Å². The largest absolute Gasteiger partial charge is 0.503 e. The third kappa shape index (κ3) is 97.0. The number of hydrogen-bond acceptors (Lipinski definition) is 1. The zero-order valence-electron chi connectivity index (χ0n) is 2.71. The third-order valence-corrected chi connectivity index (χ3v) is 0. The SMILES string of the molecule is Cl.O.O=C(O)O. The minimum absolute atomic E-state index is 0. The van der Waals surface area contributed by atoms with E-state index in [-0.39, 0.29) is 17.9 Å². The lowest BCUT2D eigenvalue weighted by Gasteiger charge is -1.60. The second-order valence-corrected chi connectivity index (χ2v) is 0.283. The van der Waals surface area contributed by atoms with Crippen LogP contribution in [0, 0.1) is 0 Å². The quantitative estimate of drug-likeness (QED) is 0.460. The maximum absolute atomic E-state index is 8.56. The molecule has 0 aliphatic carbocycles. The van der Waals surface area contributed by atoms with Crippen LogP contribution in [-0.2, 0) is 0 Å². The van der Waals surface area contributed by atoms with Gasteiger partial charge in [-0.3, -0.25) is 0 Å². The highest BCUT2D eigenvalue weighted by molar-refractivity contribution is 5.85. The van der Waals surface area contributed by atoms with Crippen molar-refractivity contribution in [2.75, 3.05) is 0 Å². The van der Waals surface area contributed by atoms with Gasteiger partial charge >= 0.3 is 6.16 Å². The van der Waals surface area contributed by atoms with Crippen LogP contribution in [0.4, 0.5) is 4.79 Å². The predicted molar refractivity (Wildman–Crippen MR) is 21.5 cm³/mol. The Labute approximate surface area is 40.1 Å². The second-order valence-electron chi connectivity index (χ2n) is 0.283. The van der Waals surface area contributed by atoms with Crippen LogP contribution < -0.4 is 0 Å². The molecule has 4 N–H and O–H groups in total. The lowest BCUT2D eigenvalue weighted by atomic mass is 11.5. The smallest absolute Gasteiger partial charge is 0.450 e. The molecule has 0 unspecified atom stereocenters. The first-order valence-electron chi connectivity index (χ1n) is 0.651. The number of carboxylic acid groups (broad SMARTS) is 2. The molecular formula is CH5ClO4. The van der Waals surface area contributed by atoms with Crippen molar-refractivity contribution in [3.05, 3.63) is 0 Å². The van der Waals surface area contributed by atoms with E-state index in [0.717, 1.165) is 0 Å². The molecule has 0 aromatic heterocycles. The summed E-state index contributed by atoms with van der Waals surface area (Å²) >= 11 is 0. The molecule has 0 spiro atoms. The molecule has 40 valence electrons. The lowest BCUT2D eigenvalue weighted by molar-refractivity contribution is 0.137. The zero-order valence-corrected chi connectivity index (χ0v) is 3.53. The molecule has 6 heavy (non-hydrogen) atoms. The summed E-state index contributed by atoms with van der Waals surface area (Å²) in [5.74, 6) is 0. The van der Waals surface area contributed by atoms with Gasteiger partial charge in [0.1, 0.15) is 0 Å². The van der Waals surface area contributed by atoms with Gasteiger partial charge in [0.15, 0.2) is 0 Å². The topological polar surface area (TPSA) is 89.0 Å². The van der Waals surface area contributed by atoms with E-state index in [9.17, 15) is 0 Å². The van der Waals surface area contributed by atoms with Gasteiger partial charge in [0.2, 0.25) is 0 Å². The lowest BCUT2D eigenvalue weighted by Crippen LogP contribution is -1.81. The Balaban J connectivity index is -0.0000000450. The predicted octanol–water partition coefficient (Wildman–Crippen LogP) is -0.180. The maximum Gasteiger partial charge on any atom is 0.503 e. The Morgan fingerprint density at radius 2 is 1.33 bits per heavy atom. The summed E-state index contributed by atoms with van der Waals surface area (Å²) in [4.78, 5) is 8.56. The summed E-state index contributed by atoms with van der Waals surface area (Å²) in [6.07, 6.45) is -1.83. The van der Waals surface area contributed by atoms with Gasteiger partial charge in [-0.15, -0.1) is 12.4 Å². The molecule has 0 aliphatic heterocycles. The average Bonchev–Trinajstić information content (AvgIpc) is 0.811. The average molecular weight is 116 g/mol. The second kappa shape index (κ2) is 8.82. The van der Waals surface area contributed by atoms with Crippen LogP contribution in [0.5, 0.6) is 0 Å². The standard InChI is InChI=1S/CH2O3.ClH.H2O/c2-1(3)4;;/h(H2,2,3,4);1H;1H2. The van der Waals surface area contributed by atoms with Gasteiger partial charge in [0, 0.05) is 0 Å². The molecule has 0 bridgehead atoms. The van der Waals surface area contributed by atoms with Crippen LogP contribution in [0.1, 0.15) is 0 Å².